The Bertz CT molecular complexity index is 667. The Hall–Kier alpha value is -1.35. The van der Waals surface area contributed by atoms with Crippen molar-refractivity contribution in [3.8, 4) is 0 Å². The number of amidine groups is 1. The third kappa shape index (κ3) is 2.67. The fourth-order valence-corrected chi connectivity index (χ4v) is 4.17. The van der Waals surface area contributed by atoms with Crippen LogP contribution in [0.3, 0.4) is 0 Å². The van der Waals surface area contributed by atoms with Gasteiger partial charge in [0.15, 0.2) is 0 Å². The summed E-state index contributed by atoms with van der Waals surface area (Å²) in [6, 6.07) is 8.36. The average Bonchev–Trinajstić information content (AvgIpc) is 3.42. The molecule has 24 heavy (non-hydrogen) atoms. The van der Waals surface area contributed by atoms with Gasteiger partial charge in [-0.05, 0) is 56.2 Å². The summed E-state index contributed by atoms with van der Waals surface area (Å²) in [6.07, 6.45) is 5.06. The molecule has 3 aliphatic rings. The highest BCUT2D eigenvalue weighted by atomic mass is 35.5. The lowest BCUT2D eigenvalue weighted by Crippen LogP contribution is -2.51. The molecule has 1 aromatic carbocycles. The maximum atomic E-state index is 14.0. The van der Waals surface area contributed by atoms with E-state index in [1.165, 1.54) is 25.7 Å². The molecule has 4 rings (SSSR count). The number of alkyl halides is 1. The van der Waals surface area contributed by atoms with Crippen LogP contribution in [0.2, 0.25) is 5.02 Å². The summed E-state index contributed by atoms with van der Waals surface area (Å²) in [5.74, 6) is 1.73. The second-order valence-electron chi connectivity index (χ2n) is 7.50. The molecule has 3 saturated carbocycles. The fraction of sp³-hybridized carbons (Fsp3) is 0.550. The van der Waals surface area contributed by atoms with E-state index >= 15 is 0 Å². The molecular weight excluding hydrogens is 323 g/mol. The first-order chi connectivity index (χ1) is 11.5. The van der Waals surface area contributed by atoms with Crippen molar-refractivity contribution in [2.24, 2.45) is 10.9 Å². The van der Waals surface area contributed by atoms with Gasteiger partial charge in [-0.25, -0.2) is 4.39 Å². The van der Waals surface area contributed by atoms with Crippen LogP contribution in [-0.4, -0.2) is 30.0 Å². The molecule has 4 heteroatoms. The van der Waals surface area contributed by atoms with Crippen molar-refractivity contribution in [2.75, 3.05) is 7.05 Å². The minimum atomic E-state index is -0.749. The van der Waals surface area contributed by atoms with Gasteiger partial charge in [-0.1, -0.05) is 30.3 Å². The van der Waals surface area contributed by atoms with Crippen molar-refractivity contribution < 1.29 is 4.39 Å². The van der Waals surface area contributed by atoms with Crippen molar-refractivity contribution in [1.82, 2.24) is 4.90 Å². The summed E-state index contributed by atoms with van der Waals surface area (Å²) in [4.78, 5) is 6.96. The molecule has 128 valence electrons. The van der Waals surface area contributed by atoms with Crippen molar-refractivity contribution in [3.63, 3.8) is 0 Å². The molecule has 1 aromatic rings. The molecule has 0 saturated heterocycles. The average molecular weight is 347 g/mol. The van der Waals surface area contributed by atoms with Gasteiger partial charge in [0.2, 0.25) is 0 Å². The first-order valence-electron chi connectivity index (χ1n) is 8.90. The zero-order chi connectivity index (χ0) is 16.9. The quantitative estimate of drug-likeness (QED) is 0.533. The third-order valence-electron chi connectivity index (χ3n) is 5.71. The van der Waals surface area contributed by atoms with Crippen LogP contribution in [0.1, 0.15) is 44.1 Å². The number of nitrogens with zero attached hydrogens (tertiary/aromatic N) is 2. The molecular formula is C20H24ClFN2. The molecule has 0 heterocycles. The Morgan fingerprint density at radius 2 is 1.83 bits per heavy atom. The highest BCUT2D eigenvalue weighted by Gasteiger charge is 2.53. The van der Waals surface area contributed by atoms with Gasteiger partial charge in [-0.3, -0.25) is 4.99 Å². The van der Waals surface area contributed by atoms with Gasteiger partial charge in [0.25, 0.3) is 0 Å². The lowest BCUT2D eigenvalue weighted by Gasteiger charge is -2.50. The van der Waals surface area contributed by atoms with Crippen molar-refractivity contribution in [3.05, 3.63) is 47.1 Å². The van der Waals surface area contributed by atoms with Crippen LogP contribution in [0.15, 0.2) is 41.5 Å². The van der Waals surface area contributed by atoms with E-state index in [2.05, 4.69) is 16.5 Å². The Morgan fingerprint density at radius 3 is 2.29 bits per heavy atom. The SMILES string of the molecule is C=C(N(/C(=N\C)C1CC1)C1CC1)[C@]1(c2ccc(Cl)cc2)C[C@@H](F)C1. The maximum Gasteiger partial charge on any atom is 0.106 e. The molecule has 2 nitrogen and oxygen atoms in total. The number of hydrogen-bond acceptors (Lipinski definition) is 1. The summed E-state index contributed by atoms with van der Waals surface area (Å²) in [5, 5.41) is 0.712. The van der Waals surface area contributed by atoms with Gasteiger partial charge in [0.05, 0.1) is 0 Å². The number of aliphatic imine (C=N–C) groups is 1. The van der Waals surface area contributed by atoms with Crippen LogP contribution in [0.5, 0.6) is 0 Å². The smallest absolute Gasteiger partial charge is 0.106 e. The van der Waals surface area contributed by atoms with Crippen LogP contribution in [-0.2, 0) is 5.41 Å². The van der Waals surface area contributed by atoms with Crippen LogP contribution in [0, 0.1) is 5.92 Å². The van der Waals surface area contributed by atoms with E-state index in [-0.39, 0.29) is 5.41 Å². The first-order valence-corrected chi connectivity index (χ1v) is 9.28. The molecule has 0 unspecified atom stereocenters. The van der Waals surface area contributed by atoms with Crippen LogP contribution in [0.4, 0.5) is 4.39 Å². The number of rotatable bonds is 5. The standard InChI is InChI=1S/C20H24ClFN2/c1-13(24(18-9-10-18)19(23-2)14-3-4-14)20(11-17(22)12-20)15-5-7-16(21)8-6-15/h5-8,14,17-18H,1,3-4,9-12H2,2H3/b23-19-/t17-,20+. The Labute approximate surface area is 148 Å². The monoisotopic (exact) mass is 346 g/mol. The van der Waals surface area contributed by atoms with Gasteiger partial charge in [0.1, 0.15) is 12.0 Å². The molecule has 0 aliphatic heterocycles. The second-order valence-corrected chi connectivity index (χ2v) is 7.93. The molecule has 0 amide bonds. The number of hydrogen-bond donors (Lipinski definition) is 0. The predicted molar refractivity (Wildman–Crippen MR) is 97.3 cm³/mol. The summed E-state index contributed by atoms with van der Waals surface area (Å²) in [5.41, 5.74) is 1.86. The van der Waals surface area contributed by atoms with Gasteiger partial charge in [-0.2, -0.15) is 0 Å². The predicted octanol–water partition coefficient (Wildman–Crippen LogP) is 5.13. The largest absolute Gasteiger partial charge is 0.330 e. The molecule has 0 bridgehead atoms. The van der Waals surface area contributed by atoms with E-state index in [1.807, 2.05) is 31.3 Å². The van der Waals surface area contributed by atoms with Gasteiger partial charge < -0.3 is 4.90 Å². The van der Waals surface area contributed by atoms with E-state index in [0.717, 1.165) is 17.1 Å². The highest BCUT2D eigenvalue weighted by molar-refractivity contribution is 6.30. The molecule has 0 aromatic heterocycles. The maximum absolute atomic E-state index is 14.0. The zero-order valence-electron chi connectivity index (χ0n) is 14.1. The van der Waals surface area contributed by atoms with Crippen LogP contribution in [0.25, 0.3) is 0 Å². The minimum Gasteiger partial charge on any atom is -0.330 e. The third-order valence-corrected chi connectivity index (χ3v) is 5.96. The summed E-state index contributed by atoms with van der Waals surface area (Å²) >= 11 is 6.05. The van der Waals surface area contributed by atoms with E-state index in [4.69, 9.17) is 11.6 Å². The van der Waals surface area contributed by atoms with E-state index in [0.29, 0.717) is 29.8 Å². The first kappa shape index (κ1) is 16.1. The van der Waals surface area contributed by atoms with Crippen molar-refractivity contribution in [1.29, 1.82) is 0 Å². The van der Waals surface area contributed by atoms with Crippen molar-refractivity contribution >= 4 is 17.4 Å². The van der Waals surface area contributed by atoms with Crippen LogP contribution < -0.4 is 0 Å². The van der Waals surface area contributed by atoms with Gasteiger partial charge in [0, 0.05) is 35.1 Å². The number of allylic oxidation sites excluding steroid dienone is 1. The molecule has 0 N–H and O–H groups in total. The zero-order valence-corrected chi connectivity index (χ0v) is 14.9. The van der Waals surface area contributed by atoms with Crippen LogP contribution >= 0.6 is 11.6 Å². The summed E-state index contributed by atoms with van der Waals surface area (Å²) < 4.78 is 14.0. The normalized spacial score (nSPS) is 30.0. The summed E-state index contributed by atoms with van der Waals surface area (Å²) in [6.45, 7) is 4.47. The summed E-state index contributed by atoms with van der Waals surface area (Å²) in [7, 11) is 1.88. The van der Waals surface area contributed by atoms with Gasteiger partial charge in [-0.15, -0.1) is 0 Å². The molecule has 0 radical (unpaired) electrons. The Kier molecular flexibility index (Phi) is 3.95. The fourth-order valence-electron chi connectivity index (χ4n) is 4.04. The van der Waals surface area contributed by atoms with E-state index < -0.39 is 6.17 Å². The molecule has 3 fully saturated rings. The van der Waals surface area contributed by atoms with E-state index in [1.54, 1.807) is 0 Å². The lowest BCUT2D eigenvalue weighted by atomic mass is 9.61. The Morgan fingerprint density at radius 1 is 1.21 bits per heavy atom. The second kappa shape index (κ2) is 5.87. The highest BCUT2D eigenvalue weighted by Crippen LogP contribution is 2.53. The lowest BCUT2D eigenvalue weighted by molar-refractivity contribution is 0.103. The number of benzene rings is 1. The minimum absolute atomic E-state index is 0.308. The van der Waals surface area contributed by atoms with Crippen molar-refractivity contribution in [2.45, 2.75) is 56.2 Å². The Balaban J connectivity index is 1.69. The van der Waals surface area contributed by atoms with E-state index in [9.17, 15) is 4.39 Å². The topological polar surface area (TPSA) is 15.6 Å². The molecule has 0 spiro atoms. The molecule has 0 atom stereocenters. The number of halogens is 2. The van der Waals surface area contributed by atoms with Gasteiger partial charge >= 0.3 is 0 Å². The molecule has 3 aliphatic carbocycles.